The molecule has 45 heavy (non-hydrogen) atoms. The van der Waals surface area contributed by atoms with Crippen LogP contribution >= 0.6 is 15.9 Å². The summed E-state index contributed by atoms with van der Waals surface area (Å²) in [6, 6.07) is 12.5. The van der Waals surface area contributed by atoms with E-state index in [-0.39, 0.29) is 44.5 Å². The summed E-state index contributed by atoms with van der Waals surface area (Å²) in [5.74, 6) is 2.70. The highest BCUT2D eigenvalue weighted by atomic mass is 79.9. The third-order valence-corrected chi connectivity index (χ3v) is 8.57. The number of carbonyl (C=O) groups excluding carboxylic acids is 1. The van der Waals surface area contributed by atoms with E-state index in [4.69, 9.17) is 28.4 Å². The van der Waals surface area contributed by atoms with Crippen LogP contribution in [0.5, 0.6) is 34.5 Å². The highest BCUT2D eigenvalue weighted by Crippen LogP contribution is 2.57. The second-order valence-corrected chi connectivity index (χ2v) is 13.4. The molecule has 0 aliphatic carbocycles. The molecule has 11 heteroatoms. The van der Waals surface area contributed by atoms with Gasteiger partial charge in [-0.2, -0.15) is 0 Å². The number of amides is 1. The highest BCUT2D eigenvalue weighted by molar-refractivity contribution is 9.10. The molecule has 0 bridgehead atoms. The maximum absolute atomic E-state index is 14.7. The lowest BCUT2D eigenvalue weighted by atomic mass is 9.69. The van der Waals surface area contributed by atoms with Gasteiger partial charge in [-0.25, -0.2) is 0 Å². The number of aliphatic hydroxyl groups excluding tert-OH is 2. The average molecular weight is 685 g/mol. The molecule has 10 nitrogen and oxygen atoms in total. The van der Waals surface area contributed by atoms with Gasteiger partial charge in [-0.05, 0) is 48.9 Å². The summed E-state index contributed by atoms with van der Waals surface area (Å²) in [5, 5.41) is 24.6. The van der Waals surface area contributed by atoms with Crippen molar-refractivity contribution in [1.29, 1.82) is 0 Å². The third-order valence-electron chi connectivity index (χ3n) is 8.08. The van der Waals surface area contributed by atoms with E-state index >= 15 is 0 Å². The van der Waals surface area contributed by atoms with Crippen LogP contribution in [0.2, 0.25) is 0 Å². The molecule has 3 heterocycles. The summed E-state index contributed by atoms with van der Waals surface area (Å²) in [4.78, 5) is 14.7. The van der Waals surface area contributed by atoms with Crippen LogP contribution in [0.4, 0.5) is 5.69 Å². The first-order valence-corrected chi connectivity index (χ1v) is 16.0. The SMILES string of the molecule is CC(C)C[C@@H](O)COc1cc2c(cc1C1(c3cc4c(cc3OC[C@H](O)CC(C)C)OCO4)C(=O)Nc3cc(Br)ccc31)OCO2. The molecule has 240 valence electrons. The van der Waals surface area contributed by atoms with E-state index in [1.54, 1.807) is 24.3 Å². The van der Waals surface area contributed by atoms with Crippen LogP contribution in [0.15, 0.2) is 46.9 Å². The number of fused-ring (bicyclic) bond motifs is 3. The zero-order chi connectivity index (χ0) is 31.9. The Morgan fingerprint density at radius 3 is 1.69 bits per heavy atom. The van der Waals surface area contributed by atoms with Gasteiger partial charge >= 0.3 is 0 Å². The number of halogens is 1. The van der Waals surface area contributed by atoms with Gasteiger partial charge in [0.05, 0.1) is 12.2 Å². The molecule has 0 saturated heterocycles. The molecule has 6 rings (SSSR count). The van der Waals surface area contributed by atoms with Gasteiger partial charge in [-0.15, -0.1) is 0 Å². The quantitative estimate of drug-likeness (QED) is 0.218. The van der Waals surface area contributed by atoms with Gasteiger partial charge in [-0.1, -0.05) is 49.7 Å². The summed E-state index contributed by atoms with van der Waals surface area (Å²) in [6.45, 7) is 8.15. The largest absolute Gasteiger partial charge is 0.490 e. The standard InChI is InChI=1S/C34H38BrNO9/c1-18(2)7-21(37)14-40-27-12-31-29(42-16-44-31)10-24(27)34(23-6-5-20(35)9-26(23)36-33(34)39)25-11-30-32(45-17-43-30)13-28(25)41-15-22(38)8-19(3)4/h5-6,9-13,18-19,21-22,37-38H,7-8,14-17H2,1-4H3,(H,36,39)/t21-,22-/m1/s1. The Labute approximate surface area is 270 Å². The Bertz CT molecular complexity index is 1510. The van der Waals surface area contributed by atoms with Crippen LogP contribution in [0.25, 0.3) is 0 Å². The minimum atomic E-state index is -1.53. The molecule has 3 aromatic rings. The Morgan fingerprint density at radius 1 is 0.756 bits per heavy atom. The van der Waals surface area contributed by atoms with E-state index in [0.29, 0.717) is 69.7 Å². The molecule has 0 aromatic heterocycles. The second kappa shape index (κ2) is 12.6. The van der Waals surface area contributed by atoms with E-state index < -0.39 is 17.6 Å². The zero-order valence-corrected chi connectivity index (χ0v) is 27.3. The van der Waals surface area contributed by atoms with E-state index in [0.717, 1.165) is 4.47 Å². The molecule has 3 aliphatic heterocycles. The molecule has 1 amide bonds. The van der Waals surface area contributed by atoms with Crippen molar-refractivity contribution in [2.45, 2.75) is 58.2 Å². The van der Waals surface area contributed by atoms with Gasteiger partial charge < -0.3 is 44.0 Å². The smallest absolute Gasteiger partial charge is 0.244 e. The number of hydrogen-bond acceptors (Lipinski definition) is 9. The molecule has 3 N–H and O–H groups in total. The van der Waals surface area contributed by atoms with Crippen LogP contribution in [-0.2, 0) is 10.2 Å². The monoisotopic (exact) mass is 683 g/mol. The lowest BCUT2D eigenvalue weighted by molar-refractivity contribution is -0.118. The average Bonchev–Trinajstić information content (AvgIpc) is 3.69. The second-order valence-electron chi connectivity index (χ2n) is 12.5. The first-order valence-electron chi connectivity index (χ1n) is 15.2. The first kappa shape index (κ1) is 31.3. The minimum absolute atomic E-state index is 0.00160. The number of hydrogen-bond donors (Lipinski definition) is 3. The molecule has 0 unspecified atom stereocenters. The summed E-state index contributed by atoms with van der Waals surface area (Å²) in [5.41, 5.74) is 0.645. The normalized spacial score (nSPS) is 17.0. The molecule has 0 radical (unpaired) electrons. The van der Waals surface area contributed by atoms with E-state index in [1.165, 1.54) is 0 Å². The fourth-order valence-corrected chi connectivity index (χ4v) is 6.59. The fourth-order valence-electron chi connectivity index (χ4n) is 6.23. The van der Waals surface area contributed by atoms with Crippen molar-refractivity contribution < 1.29 is 43.4 Å². The van der Waals surface area contributed by atoms with Crippen LogP contribution in [0.3, 0.4) is 0 Å². The van der Waals surface area contributed by atoms with Gasteiger partial charge in [0.25, 0.3) is 0 Å². The van der Waals surface area contributed by atoms with Crippen molar-refractivity contribution in [2.75, 3.05) is 32.1 Å². The fraction of sp³-hybridized carbons (Fsp3) is 0.441. The van der Waals surface area contributed by atoms with E-state index in [1.807, 2.05) is 45.9 Å². The third kappa shape index (κ3) is 6.01. The van der Waals surface area contributed by atoms with Gasteiger partial charge in [0, 0.05) is 39.0 Å². The van der Waals surface area contributed by atoms with Crippen LogP contribution in [0, 0.1) is 11.8 Å². The van der Waals surface area contributed by atoms with Crippen molar-refractivity contribution >= 4 is 27.5 Å². The van der Waals surface area contributed by atoms with Crippen molar-refractivity contribution in [3.63, 3.8) is 0 Å². The topological polar surface area (TPSA) is 125 Å². The highest BCUT2D eigenvalue weighted by Gasteiger charge is 2.54. The van der Waals surface area contributed by atoms with Gasteiger partial charge in [0.15, 0.2) is 23.0 Å². The van der Waals surface area contributed by atoms with E-state index in [2.05, 4.69) is 21.2 Å². The number of carbonyl (C=O) groups is 1. The van der Waals surface area contributed by atoms with Crippen LogP contribution in [-0.4, -0.2) is 55.1 Å². The van der Waals surface area contributed by atoms with Crippen molar-refractivity contribution in [3.8, 4) is 34.5 Å². The van der Waals surface area contributed by atoms with Gasteiger partial charge in [0.1, 0.15) is 30.1 Å². The number of ether oxygens (including phenoxy) is 6. The predicted octanol–water partition coefficient (Wildman–Crippen LogP) is 5.76. The molecule has 0 spiro atoms. The molecule has 3 aliphatic rings. The lowest BCUT2D eigenvalue weighted by Crippen LogP contribution is -2.38. The Morgan fingerprint density at radius 2 is 1.22 bits per heavy atom. The maximum atomic E-state index is 14.7. The van der Waals surface area contributed by atoms with Crippen molar-refractivity contribution in [3.05, 3.63) is 63.6 Å². The Balaban J connectivity index is 1.57. The molecular weight excluding hydrogens is 646 g/mol. The van der Waals surface area contributed by atoms with Crippen molar-refractivity contribution in [1.82, 2.24) is 0 Å². The number of nitrogens with one attached hydrogen (secondary N) is 1. The minimum Gasteiger partial charge on any atom is -0.490 e. The summed E-state index contributed by atoms with van der Waals surface area (Å²) in [6.07, 6.45) is -0.374. The van der Waals surface area contributed by atoms with E-state index in [9.17, 15) is 15.0 Å². The summed E-state index contributed by atoms with van der Waals surface area (Å²) >= 11 is 3.54. The Kier molecular flexibility index (Phi) is 8.78. The summed E-state index contributed by atoms with van der Waals surface area (Å²) in [7, 11) is 0. The predicted molar refractivity (Wildman–Crippen MR) is 170 cm³/mol. The van der Waals surface area contributed by atoms with Gasteiger partial charge in [0.2, 0.25) is 19.5 Å². The van der Waals surface area contributed by atoms with Crippen LogP contribution in [0.1, 0.15) is 57.2 Å². The molecular formula is C34H38BrNO9. The zero-order valence-electron chi connectivity index (χ0n) is 25.7. The maximum Gasteiger partial charge on any atom is 0.244 e. The van der Waals surface area contributed by atoms with Crippen molar-refractivity contribution in [2.24, 2.45) is 11.8 Å². The number of benzene rings is 3. The Hall–Kier alpha value is -3.67. The van der Waals surface area contributed by atoms with Crippen LogP contribution < -0.4 is 33.7 Å². The first-order chi connectivity index (χ1) is 21.6. The molecule has 0 saturated carbocycles. The number of aliphatic hydroxyl groups is 2. The molecule has 0 fully saturated rings. The number of anilines is 1. The molecule has 3 aromatic carbocycles. The number of rotatable bonds is 12. The lowest BCUT2D eigenvalue weighted by Gasteiger charge is -2.33. The van der Waals surface area contributed by atoms with Gasteiger partial charge in [-0.3, -0.25) is 4.79 Å². The summed E-state index contributed by atoms with van der Waals surface area (Å²) < 4.78 is 36.5. The molecule has 2 atom stereocenters.